The average Bonchev–Trinajstić information content (AvgIpc) is 3.44. The maximum absolute atomic E-state index is 13.4. The molecule has 0 radical (unpaired) electrons. The molecule has 1 fully saturated rings. The van der Waals surface area contributed by atoms with Gasteiger partial charge in [0.1, 0.15) is 18.0 Å². The normalized spacial score (nSPS) is 16.6. The van der Waals surface area contributed by atoms with E-state index in [4.69, 9.17) is 9.47 Å². The van der Waals surface area contributed by atoms with Gasteiger partial charge < -0.3 is 9.47 Å². The Morgan fingerprint density at radius 1 is 1.14 bits per heavy atom. The van der Waals surface area contributed by atoms with Crippen LogP contribution in [0.5, 0.6) is 0 Å². The summed E-state index contributed by atoms with van der Waals surface area (Å²) in [4.78, 5) is 37.9. The van der Waals surface area contributed by atoms with Crippen LogP contribution in [0.15, 0.2) is 48.9 Å². The minimum atomic E-state index is -0.724. The molecule has 37 heavy (non-hydrogen) atoms. The van der Waals surface area contributed by atoms with Crippen LogP contribution in [0, 0.1) is 5.92 Å². The smallest absolute Gasteiger partial charge is 0.417 e. The molecule has 10 nitrogen and oxygen atoms in total. The van der Waals surface area contributed by atoms with Crippen molar-refractivity contribution in [3.63, 3.8) is 0 Å². The van der Waals surface area contributed by atoms with Crippen LogP contribution in [0.3, 0.4) is 0 Å². The summed E-state index contributed by atoms with van der Waals surface area (Å²) in [7, 11) is 1.87. The number of carbonyl (C=O) groups excluding carboxylic acids is 2. The number of anilines is 2. The molecule has 3 heterocycles. The topological polar surface area (TPSA) is 103 Å². The molecule has 1 aliphatic rings. The van der Waals surface area contributed by atoms with Crippen LogP contribution >= 0.6 is 0 Å². The van der Waals surface area contributed by atoms with E-state index in [9.17, 15) is 9.59 Å². The van der Waals surface area contributed by atoms with Crippen LogP contribution < -0.4 is 9.80 Å². The lowest BCUT2D eigenvalue weighted by Crippen LogP contribution is -2.41. The number of nitrogens with zero attached hydrogens (tertiary/aromatic N) is 6. The van der Waals surface area contributed by atoms with Gasteiger partial charge in [0.15, 0.2) is 0 Å². The van der Waals surface area contributed by atoms with E-state index >= 15 is 0 Å². The van der Waals surface area contributed by atoms with Crippen LogP contribution in [-0.4, -0.2) is 50.2 Å². The van der Waals surface area contributed by atoms with Gasteiger partial charge in [0, 0.05) is 25.0 Å². The molecule has 2 atom stereocenters. The van der Waals surface area contributed by atoms with E-state index in [0.717, 1.165) is 16.7 Å². The third kappa shape index (κ3) is 5.73. The number of rotatable bonds is 6. The van der Waals surface area contributed by atoms with Gasteiger partial charge in [0.25, 0.3) is 0 Å². The van der Waals surface area contributed by atoms with Gasteiger partial charge in [-0.05, 0) is 50.8 Å². The quantitative estimate of drug-likeness (QED) is 0.443. The first-order valence-electron chi connectivity index (χ1n) is 12.3. The zero-order valence-corrected chi connectivity index (χ0v) is 22.4. The summed E-state index contributed by atoms with van der Waals surface area (Å²) in [5.74, 6) is 0.667. The Morgan fingerprint density at radius 3 is 2.43 bits per heavy atom. The van der Waals surface area contributed by atoms with Gasteiger partial charge in [0.2, 0.25) is 5.95 Å². The van der Waals surface area contributed by atoms with Gasteiger partial charge in [-0.15, -0.1) is 0 Å². The third-order valence-electron chi connectivity index (χ3n) is 6.17. The molecule has 2 aromatic heterocycles. The van der Waals surface area contributed by atoms with Gasteiger partial charge in [-0.25, -0.2) is 19.5 Å². The van der Waals surface area contributed by atoms with E-state index in [2.05, 4.69) is 15.1 Å². The van der Waals surface area contributed by atoms with Gasteiger partial charge in [0.05, 0.1) is 18.3 Å². The molecule has 0 bridgehead atoms. The summed E-state index contributed by atoms with van der Waals surface area (Å²) in [6, 6.07) is 8.91. The van der Waals surface area contributed by atoms with Gasteiger partial charge >= 0.3 is 12.2 Å². The number of hydrogen-bond donors (Lipinski definition) is 0. The molecule has 1 saturated heterocycles. The monoisotopic (exact) mass is 506 g/mol. The van der Waals surface area contributed by atoms with Crippen molar-refractivity contribution in [3.05, 3.63) is 54.5 Å². The van der Waals surface area contributed by atoms with Gasteiger partial charge in [-0.1, -0.05) is 38.1 Å². The summed E-state index contributed by atoms with van der Waals surface area (Å²) in [5, 5.41) is 4.23. The summed E-state index contributed by atoms with van der Waals surface area (Å²) >= 11 is 0. The molecule has 2 amide bonds. The predicted octanol–water partition coefficient (Wildman–Crippen LogP) is 5.36. The predicted molar refractivity (Wildman–Crippen MR) is 140 cm³/mol. The SMILES string of the molecule is CC(C)C1COC(=O)N1c1ccnc(N(C(=O)OC(C)(C)C)C(C)c2ccc(-c3cnn(C)c3)cc2)n1. The highest BCUT2D eigenvalue weighted by atomic mass is 16.6. The molecule has 4 rings (SSSR count). The average molecular weight is 507 g/mol. The lowest BCUT2D eigenvalue weighted by molar-refractivity contribution is 0.0564. The zero-order valence-electron chi connectivity index (χ0n) is 22.4. The molecule has 1 aliphatic heterocycles. The van der Waals surface area contributed by atoms with E-state index in [1.165, 1.54) is 16.0 Å². The molecule has 3 aromatic rings. The number of aromatic nitrogens is 4. The number of hydrogen-bond acceptors (Lipinski definition) is 7. The fraction of sp³-hybridized carbons (Fsp3) is 0.444. The third-order valence-corrected chi connectivity index (χ3v) is 6.17. The fourth-order valence-corrected chi connectivity index (χ4v) is 4.18. The van der Waals surface area contributed by atoms with Crippen molar-refractivity contribution in [1.29, 1.82) is 0 Å². The first-order chi connectivity index (χ1) is 17.4. The number of benzene rings is 1. The van der Waals surface area contributed by atoms with Crippen molar-refractivity contribution < 1.29 is 19.1 Å². The number of cyclic esters (lactones) is 1. The van der Waals surface area contributed by atoms with Crippen molar-refractivity contribution >= 4 is 24.0 Å². The maximum atomic E-state index is 13.4. The Morgan fingerprint density at radius 2 is 1.84 bits per heavy atom. The number of carbonyl (C=O) groups is 2. The van der Waals surface area contributed by atoms with Gasteiger partial charge in [-0.2, -0.15) is 10.1 Å². The standard InChI is InChI=1S/C27H34N6O4/c1-17(2)22-16-36-25(34)33(22)23-12-13-28-24(30-23)32(26(35)37-27(4,5)6)18(3)19-8-10-20(11-9-19)21-14-29-31(7)15-21/h8-15,17-18,22H,16H2,1-7H3. The van der Waals surface area contributed by atoms with Crippen molar-refractivity contribution in [2.24, 2.45) is 13.0 Å². The summed E-state index contributed by atoms with van der Waals surface area (Å²) < 4.78 is 12.8. The van der Waals surface area contributed by atoms with E-state index in [0.29, 0.717) is 5.82 Å². The molecule has 0 saturated carbocycles. The lowest BCUT2D eigenvalue weighted by Gasteiger charge is -2.31. The van der Waals surface area contributed by atoms with Gasteiger partial charge in [-0.3, -0.25) is 9.58 Å². The largest absolute Gasteiger partial charge is 0.447 e. The number of aryl methyl sites for hydroxylation is 1. The minimum absolute atomic E-state index is 0.137. The highest BCUT2D eigenvalue weighted by molar-refractivity contribution is 5.90. The van der Waals surface area contributed by atoms with Crippen molar-refractivity contribution in [3.8, 4) is 11.1 Å². The molecule has 0 aliphatic carbocycles. The summed E-state index contributed by atoms with van der Waals surface area (Å²) in [6.45, 7) is 11.6. The molecule has 2 unspecified atom stereocenters. The minimum Gasteiger partial charge on any atom is -0.447 e. The van der Waals surface area contributed by atoms with Crippen molar-refractivity contribution in [2.45, 2.75) is 59.2 Å². The Balaban J connectivity index is 1.70. The molecule has 0 spiro atoms. The first kappa shape index (κ1) is 26.1. The Hall–Kier alpha value is -3.95. The highest BCUT2D eigenvalue weighted by Gasteiger charge is 2.38. The van der Waals surface area contributed by atoms with Crippen LogP contribution in [0.1, 0.15) is 53.1 Å². The maximum Gasteiger partial charge on any atom is 0.417 e. The molecule has 0 N–H and O–H groups in total. The summed E-state index contributed by atoms with van der Waals surface area (Å²) in [6.07, 6.45) is 4.23. The second-order valence-corrected chi connectivity index (χ2v) is 10.5. The molecule has 1 aromatic carbocycles. The molecular formula is C27H34N6O4. The Labute approximate surface area is 217 Å². The molecular weight excluding hydrogens is 472 g/mol. The highest BCUT2D eigenvalue weighted by Crippen LogP contribution is 2.31. The number of ether oxygens (including phenoxy) is 2. The van der Waals surface area contributed by atoms with Crippen molar-refractivity contribution in [2.75, 3.05) is 16.4 Å². The van der Waals surface area contributed by atoms with E-state index in [1.54, 1.807) is 37.7 Å². The van der Waals surface area contributed by atoms with E-state index in [-0.39, 0.29) is 24.5 Å². The lowest BCUT2D eigenvalue weighted by atomic mass is 10.0. The Kier molecular flexibility index (Phi) is 7.20. The molecule has 196 valence electrons. The second-order valence-electron chi connectivity index (χ2n) is 10.5. The van der Waals surface area contributed by atoms with E-state index < -0.39 is 23.8 Å². The second kappa shape index (κ2) is 10.2. The van der Waals surface area contributed by atoms with E-state index in [1.807, 2.05) is 58.3 Å². The first-order valence-corrected chi connectivity index (χ1v) is 12.3. The molecule has 10 heteroatoms. The Bertz CT molecular complexity index is 1260. The van der Waals surface area contributed by atoms with Crippen molar-refractivity contribution in [1.82, 2.24) is 19.7 Å². The summed E-state index contributed by atoms with van der Waals surface area (Å²) in [5.41, 5.74) is 2.16. The van der Waals surface area contributed by atoms with Crippen LogP contribution in [0.2, 0.25) is 0 Å². The number of amides is 2. The van der Waals surface area contributed by atoms with Crippen LogP contribution in [0.4, 0.5) is 21.4 Å². The van der Waals surface area contributed by atoms with Crippen LogP contribution in [0.25, 0.3) is 11.1 Å². The van der Waals surface area contributed by atoms with Crippen LogP contribution in [-0.2, 0) is 16.5 Å². The zero-order chi connectivity index (χ0) is 26.9. The fourth-order valence-electron chi connectivity index (χ4n) is 4.18.